The van der Waals surface area contributed by atoms with E-state index < -0.39 is 0 Å². The minimum atomic E-state index is -0.296. The highest BCUT2D eigenvalue weighted by molar-refractivity contribution is 9.10. The van der Waals surface area contributed by atoms with Crippen LogP contribution in [0.25, 0.3) is 0 Å². The number of carbonyl (C=O) groups excluding carboxylic acids is 1. The van der Waals surface area contributed by atoms with E-state index in [4.69, 9.17) is 4.42 Å². The van der Waals surface area contributed by atoms with Crippen molar-refractivity contribution in [1.29, 1.82) is 0 Å². The molecule has 0 radical (unpaired) electrons. The van der Waals surface area contributed by atoms with Gasteiger partial charge in [0.15, 0.2) is 5.76 Å². The Labute approximate surface area is 143 Å². The van der Waals surface area contributed by atoms with Gasteiger partial charge in [-0.1, -0.05) is 6.42 Å². The maximum atomic E-state index is 12.4. The number of nitrogens with zero attached hydrogens (tertiary/aromatic N) is 3. The van der Waals surface area contributed by atoms with Crippen molar-refractivity contribution >= 4 is 21.8 Å². The Morgan fingerprint density at radius 3 is 3.00 bits per heavy atom. The number of halogens is 1. The van der Waals surface area contributed by atoms with Crippen molar-refractivity contribution in [2.45, 2.75) is 31.9 Å². The predicted octanol–water partition coefficient (Wildman–Crippen LogP) is 2.52. The third kappa shape index (κ3) is 3.84. The van der Waals surface area contributed by atoms with Crippen LogP contribution in [0.5, 0.6) is 0 Å². The van der Waals surface area contributed by atoms with Crippen molar-refractivity contribution in [2.75, 3.05) is 13.6 Å². The number of hydrogen-bond acceptors (Lipinski definition) is 4. The third-order valence-corrected chi connectivity index (χ3v) is 4.68. The van der Waals surface area contributed by atoms with Crippen LogP contribution in [-0.4, -0.2) is 45.4 Å². The number of aliphatic hydroxyl groups is 1. The Morgan fingerprint density at radius 1 is 1.52 bits per heavy atom. The molecule has 124 valence electrons. The van der Waals surface area contributed by atoms with E-state index in [1.807, 2.05) is 6.20 Å². The number of amides is 1. The molecule has 2 aromatic heterocycles. The molecule has 0 aliphatic heterocycles. The summed E-state index contributed by atoms with van der Waals surface area (Å²) in [6.45, 7) is 1.03. The molecule has 1 aliphatic carbocycles. The second-order valence-electron chi connectivity index (χ2n) is 6.07. The molecule has 0 unspecified atom stereocenters. The van der Waals surface area contributed by atoms with E-state index in [2.05, 4.69) is 21.0 Å². The monoisotopic (exact) mass is 381 g/mol. The molecule has 1 fully saturated rings. The average molecular weight is 382 g/mol. The maximum absolute atomic E-state index is 12.4. The van der Waals surface area contributed by atoms with Gasteiger partial charge >= 0.3 is 0 Å². The van der Waals surface area contributed by atoms with Crippen LogP contribution in [-0.2, 0) is 6.54 Å². The smallest absolute Gasteiger partial charge is 0.289 e. The van der Waals surface area contributed by atoms with Crippen LogP contribution in [0, 0.1) is 5.92 Å². The van der Waals surface area contributed by atoms with Gasteiger partial charge in [0.1, 0.15) is 5.76 Å². The molecule has 23 heavy (non-hydrogen) atoms. The third-order valence-electron chi connectivity index (χ3n) is 4.27. The quantitative estimate of drug-likeness (QED) is 0.863. The lowest BCUT2D eigenvalue weighted by Crippen LogP contribution is -2.34. The highest BCUT2D eigenvalue weighted by Crippen LogP contribution is 2.26. The molecule has 0 spiro atoms. The number of hydrogen-bond donors (Lipinski definition) is 1. The van der Waals surface area contributed by atoms with Crippen LogP contribution in [0.3, 0.4) is 0 Å². The molecule has 7 heteroatoms. The molecule has 1 N–H and O–H groups in total. The molecule has 0 saturated heterocycles. The molecule has 0 aromatic carbocycles. The number of furan rings is 1. The van der Waals surface area contributed by atoms with Crippen LogP contribution in [0.2, 0.25) is 0 Å². The van der Waals surface area contributed by atoms with Crippen LogP contribution in [0.15, 0.2) is 33.4 Å². The number of rotatable bonds is 5. The van der Waals surface area contributed by atoms with E-state index in [1.165, 1.54) is 0 Å². The number of aliphatic hydroxyl groups excluding tert-OH is 1. The minimum absolute atomic E-state index is 0.156. The summed E-state index contributed by atoms with van der Waals surface area (Å²) in [7, 11) is 1.75. The molecule has 0 bridgehead atoms. The van der Waals surface area contributed by atoms with Gasteiger partial charge in [-0.3, -0.25) is 9.48 Å². The summed E-state index contributed by atoms with van der Waals surface area (Å²) in [5, 5.41) is 14.0. The fraction of sp³-hybridized carbons (Fsp3) is 0.500. The molecule has 1 amide bonds. The van der Waals surface area contributed by atoms with E-state index in [0.29, 0.717) is 24.6 Å². The minimum Gasteiger partial charge on any atom is -0.454 e. The number of aromatic nitrogens is 2. The van der Waals surface area contributed by atoms with Gasteiger partial charge in [-0.25, -0.2) is 0 Å². The number of carbonyl (C=O) groups is 1. The van der Waals surface area contributed by atoms with Gasteiger partial charge in [0.25, 0.3) is 5.91 Å². The van der Waals surface area contributed by atoms with Crippen molar-refractivity contribution in [3.05, 3.63) is 40.5 Å². The summed E-state index contributed by atoms with van der Waals surface area (Å²) in [5.41, 5.74) is 0. The normalized spacial score (nSPS) is 20.8. The van der Waals surface area contributed by atoms with E-state index in [0.717, 1.165) is 23.7 Å². The fourth-order valence-corrected chi connectivity index (χ4v) is 3.34. The van der Waals surface area contributed by atoms with Crippen LogP contribution < -0.4 is 0 Å². The van der Waals surface area contributed by atoms with Crippen LogP contribution >= 0.6 is 15.9 Å². The van der Waals surface area contributed by atoms with Crippen molar-refractivity contribution in [2.24, 2.45) is 5.92 Å². The lowest BCUT2D eigenvalue weighted by Gasteiger charge is -2.22. The predicted molar refractivity (Wildman–Crippen MR) is 88.0 cm³/mol. The molecule has 1 saturated carbocycles. The summed E-state index contributed by atoms with van der Waals surface area (Å²) < 4.78 is 8.27. The summed E-state index contributed by atoms with van der Waals surface area (Å²) >= 11 is 3.34. The zero-order chi connectivity index (χ0) is 16.4. The SMILES string of the molecule is CN(C[C@@H]1CCC[C@@H]1O)C(=O)c1ccc(Cn2cc(Br)cn2)o1. The molecular weight excluding hydrogens is 362 g/mol. The average Bonchev–Trinajstić information content (AvgIpc) is 3.23. The van der Waals surface area contributed by atoms with E-state index >= 15 is 0 Å². The first-order chi connectivity index (χ1) is 11.0. The first-order valence-electron chi connectivity index (χ1n) is 7.73. The fourth-order valence-electron chi connectivity index (χ4n) is 3.02. The Bertz CT molecular complexity index is 682. The lowest BCUT2D eigenvalue weighted by molar-refractivity contribution is 0.0663. The zero-order valence-electron chi connectivity index (χ0n) is 13.0. The van der Waals surface area contributed by atoms with Gasteiger partial charge in [-0.2, -0.15) is 5.10 Å². The van der Waals surface area contributed by atoms with Crippen molar-refractivity contribution in [3.63, 3.8) is 0 Å². The lowest BCUT2D eigenvalue weighted by atomic mass is 10.1. The second-order valence-corrected chi connectivity index (χ2v) is 6.98. The van der Waals surface area contributed by atoms with Gasteiger partial charge in [0.05, 0.1) is 23.3 Å². The molecular formula is C16H20BrN3O3. The van der Waals surface area contributed by atoms with Gasteiger partial charge in [-0.15, -0.1) is 0 Å². The Morgan fingerprint density at radius 2 is 2.35 bits per heavy atom. The molecule has 6 nitrogen and oxygen atoms in total. The zero-order valence-corrected chi connectivity index (χ0v) is 14.6. The highest BCUT2D eigenvalue weighted by Gasteiger charge is 2.28. The van der Waals surface area contributed by atoms with E-state index in [9.17, 15) is 9.90 Å². The molecule has 2 atom stereocenters. The maximum Gasteiger partial charge on any atom is 0.289 e. The standard InChI is InChI=1S/C16H20BrN3O3/c1-19(8-11-3-2-4-14(11)21)16(22)15-6-5-13(23-15)10-20-9-12(17)7-18-20/h5-7,9,11,14,21H,2-4,8,10H2,1H3/t11-,14-/m0/s1. The largest absolute Gasteiger partial charge is 0.454 e. The Hall–Kier alpha value is -1.60. The Kier molecular flexibility index (Phi) is 4.87. The van der Waals surface area contributed by atoms with Gasteiger partial charge in [0, 0.05) is 25.7 Å². The molecule has 2 aromatic rings. The first kappa shape index (κ1) is 16.3. The van der Waals surface area contributed by atoms with Gasteiger partial charge in [0.2, 0.25) is 0 Å². The Balaban J connectivity index is 1.61. The second kappa shape index (κ2) is 6.88. The summed E-state index contributed by atoms with van der Waals surface area (Å²) in [6, 6.07) is 3.48. The summed E-state index contributed by atoms with van der Waals surface area (Å²) in [4.78, 5) is 14.1. The van der Waals surface area contributed by atoms with Gasteiger partial charge in [-0.05, 0) is 40.9 Å². The van der Waals surface area contributed by atoms with Crippen molar-refractivity contribution in [3.8, 4) is 0 Å². The highest BCUT2D eigenvalue weighted by atomic mass is 79.9. The summed E-state index contributed by atoms with van der Waals surface area (Å²) in [5.74, 6) is 1.01. The molecule has 2 heterocycles. The van der Waals surface area contributed by atoms with E-state index in [-0.39, 0.29) is 17.9 Å². The van der Waals surface area contributed by atoms with Crippen molar-refractivity contribution in [1.82, 2.24) is 14.7 Å². The molecule has 3 rings (SSSR count). The first-order valence-corrected chi connectivity index (χ1v) is 8.52. The molecule has 1 aliphatic rings. The summed E-state index contributed by atoms with van der Waals surface area (Å²) in [6.07, 6.45) is 6.08. The topological polar surface area (TPSA) is 71.5 Å². The van der Waals surface area contributed by atoms with Gasteiger partial charge < -0.3 is 14.4 Å². The van der Waals surface area contributed by atoms with Crippen LogP contribution in [0.1, 0.15) is 35.6 Å². The van der Waals surface area contributed by atoms with E-state index in [1.54, 1.807) is 35.0 Å². The van der Waals surface area contributed by atoms with Crippen molar-refractivity contribution < 1.29 is 14.3 Å². The van der Waals surface area contributed by atoms with Crippen LogP contribution in [0.4, 0.5) is 0 Å².